The van der Waals surface area contributed by atoms with E-state index in [4.69, 9.17) is 25.1 Å². The van der Waals surface area contributed by atoms with Crippen molar-refractivity contribution < 1.29 is 46.9 Å². The zero-order chi connectivity index (χ0) is 39.8. The Bertz CT molecular complexity index is 1930. The number of imide groups is 1. The molecule has 5 N–H and O–H groups in total. The van der Waals surface area contributed by atoms with Gasteiger partial charge in [-0.3, -0.25) is 14.7 Å². The Labute approximate surface area is 310 Å². The summed E-state index contributed by atoms with van der Waals surface area (Å²) in [4.78, 5) is 54.9. The van der Waals surface area contributed by atoms with Crippen LogP contribution in [0.1, 0.15) is 57.7 Å². The molecule has 290 valence electrons. The van der Waals surface area contributed by atoms with E-state index in [9.17, 15) is 27.6 Å². The van der Waals surface area contributed by atoms with Crippen LogP contribution < -0.4 is 20.7 Å². The number of ether oxygens (including phenoxy) is 2. The van der Waals surface area contributed by atoms with E-state index >= 15 is 0 Å². The molecule has 54 heavy (non-hydrogen) atoms. The van der Waals surface area contributed by atoms with E-state index in [-0.39, 0.29) is 24.2 Å². The first-order valence-electron chi connectivity index (χ1n) is 17.3. The second-order valence-electron chi connectivity index (χ2n) is 14.1. The summed E-state index contributed by atoms with van der Waals surface area (Å²) in [5, 5.41) is 17.9. The number of nitrogens with two attached hydrogens (primary N) is 1. The second-order valence-corrected chi connectivity index (χ2v) is 14.1. The molecule has 0 spiro atoms. The Hall–Kier alpha value is -5.51. The van der Waals surface area contributed by atoms with E-state index in [0.29, 0.717) is 31.0 Å². The number of rotatable bonds is 9. The Morgan fingerprint density at radius 3 is 2.24 bits per heavy atom. The van der Waals surface area contributed by atoms with Gasteiger partial charge in [0.1, 0.15) is 5.60 Å². The van der Waals surface area contributed by atoms with Gasteiger partial charge in [-0.25, -0.2) is 19.5 Å². The molecule has 13 nitrogen and oxygen atoms in total. The number of nitrogens with zero attached hydrogens (tertiary/aromatic N) is 3. The summed E-state index contributed by atoms with van der Waals surface area (Å²) in [6.07, 6.45) is -0.877. The first-order valence-corrected chi connectivity index (χ1v) is 17.3. The minimum atomic E-state index is -5.08. The maximum atomic E-state index is 14.1. The van der Waals surface area contributed by atoms with Crippen LogP contribution in [0.25, 0.3) is 22.0 Å². The molecule has 1 aliphatic rings. The SMILES string of the molecule is COc1ccc(-c2ccc(C[C@H](N)C(=O)N(C(=O)C3CCC(CNC(=O)OC(C)(C)C)CC3)c3ccc4cn[nH]c4c3)cc2)c(C)n1.O=C(O)C(F)(F)F. The van der Waals surface area contributed by atoms with Crippen molar-refractivity contribution in [1.29, 1.82) is 0 Å². The van der Waals surface area contributed by atoms with Crippen molar-refractivity contribution in [2.75, 3.05) is 18.6 Å². The standard InChI is InChI=1S/C36H44N6O5.C2HF3O2/c1-22-29(16-17-32(40-22)46-5)25-10-6-23(7-11-25)18-30(37)34(44)42(28-15-14-27-21-39-41-31(27)19-28)33(43)26-12-8-24(9-13-26)20-38-35(45)47-36(2,3)4;3-2(4,5)1(6)7/h6-7,10-11,14-17,19,21,24,26,30H,8-9,12-13,18,20,37H2,1-5H3,(H,38,45)(H,39,41);(H,6,7)/t24?,26?,30-;/m0./s1. The normalized spacial score (nSPS) is 16.4. The van der Waals surface area contributed by atoms with Crippen LogP contribution in [0.15, 0.2) is 60.8 Å². The first-order chi connectivity index (χ1) is 25.4. The number of aryl methyl sites for hydroxylation is 1. The lowest BCUT2D eigenvalue weighted by molar-refractivity contribution is -0.192. The number of hydrogen-bond acceptors (Lipinski definition) is 9. The number of carbonyl (C=O) groups excluding carboxylic acids is 3. The van der Waals surface area contributed by atoms with Crippen molar-refractivity contribution in [3.63, 3.8) is 0 Å². The molecule has 4 aromatic rings. The molecular weight excluding hydrogens is 709 g/mol. The number of aliphatic carboxylic acids is 1. The molecule has 16 heteroatoms. The molecular formula is C38H45F3N6O7. The van der Waals surface area contributed by atoms with Crippen molar-refractivity contribution in [3.8, 4) is 17.0 Å². The molecule has 0 aliphatic heterocycles. The number of H-pyrrole nitrogens is 1. The predicted octanol–water partition coefficient (Wildman–Crippen LogP) is 6.34. The smallest absolute Gasteiger partial charge is 0.481 e. The molecule has 2 aromatic heterocycles. The number of nitrogens with one attached hydrogen (secondary N) is 2. The number of carbonyl (C=O) groups is 4. The highest BCUT2D eigenvalue weighted by Crippen LogP contribution is 2.33. The molecule has 3 amide bonds. The number of alkyl halides is 3. The number of anilines is 1. The molecule has 1 saturated carbocycles. The summed E-state index contributed by atoms with van der Waals surface area (Å²) in [5.41, 5.74) is 10.9. The van der Waals surface area contributed by atoms with E-state index in [1.807, 2.05) is 70.2 Å². The van der Waals surface area contributed by atoms with Crippen molar-refractivity contribution in [2.45, 2.75) is 77.6 Å². The van der Waals surface area contributed by atoms with Crippen molar-refractivity contribution in [2.24, 2.45) is 17.6 Å². The molecule has 0 unspecified atom stereocenters. The van der Waals surface area contributed by atoms with Gasteiger partial charge in [0.05, 0.1) is 30.6 Å². The summed E-state index contributed by atoms with van der Waals surface area (Å²) in [5.74, 6) is -3.04. The summed E-state index contributed by atoms with van der Waals surface area (Å²) in [6.45, 7) is 7.88. The Morgan fingerprint density at radius 1 is 1.02 bits per heavy atom. The van der Waals surface area contributed by atoms with E-state index in [2.05, 4.69) is 20.5 Å². The molecule has 5 rings (SSSR count). The summed E-state index contributed by atoms with van der Waals surface area (Å²) < 4.78 is 42.3. The van der Waals surface area contributed by atoms with Crippen LogP contribution in [-0.4, -0.2) is 75.6 Å². The Morgan fingerprint density at radius 2 is 1.67 bits per heavy atom. The van der Waals surface area contributed by atoms with E-state index in [0.717, 1.165) is 46.1 Å². The summed E-state index contributed by atoms with van der Waals surface area (Å²) in [7, 11) is 1.59. The number of alkyl carbamates (subject to hydrolysis) is 1. The number of amides is 3. The van der Waals surface area contributed by atoms with Crippen LogP contribution in [0, 0.1) is 18.8 Å². The van der Waals surface area contributed by atoms with E-state index in [1.54, 1.807) is 25.4 Å². The molecule has 0 bridgehead atoms. The highest BCUT2D eigenvalue weighted by Gasteiger charge is 2.38. The number of fused-ring (bicyclic) bond motifs is 1. The number of aromatic nitrogens is 3. The zero-order valence-corrected chi connectivity index (χ0v) is 30.7. The number of halogens is 3. The number of hydrogen-bond donors (Lipinski definition) is 4. The predicted molar refractivity (Wildman–Crippen MR) is 195 cm³/mol. The van der Waals surface area contributed by atoms with Gasteiger partial charge in [0, 0.05) is 35.2 Å². The van der Waals surface area contributed by atoms with Crippen molar-refractivity contribution in [1.82, 2.24) is 20.5 Å². The highest BCUT2D eigenvalue weighted by molar-refractivity contribution is 6.17. The van der Waals surface area contributed by atoms with Gasteiger partial charge in [0.25, 0.3) is 5.91 Å². The third kappa shape index (κ3) is 11.2. The lowest BCUT2D eigenvalue weighted by Crippen LogP contribution is -2.50. The fraction of sp³-hybridized carbons (Fsp3) is 0.421. The maximum absolute atomic E-state index is 14.1. The minimum absolute atomic E-state index is 0.222. The van der Waals surface area contributed by atoms with Crippen LogP contribution in [0.4, 0.5) is 23.7 Å². The number of carboxylic acid groups (broad SMARTS) is 1. The van der Waals surface area contributed by atoms with Crippen molar-refractivity contribution >= 4 is 40.5 Å². The molecule has 2 heterocycles. The van der Waals surface area contributed by atoms with E-state index in [1.165, 1.54) is 4.90 Å². The number of pyridine rings is 1. The summed E-state index contributed by atoms with van der Waals surface area (Å²) >= 11 is 0. The number of carboxylic acids is 1. The monoisotopic (exact) mass is 754 g/mol. The van der Waals surface area contributed by atoms with Gasteiger partial charge in [-0.15, -0.1) is 0 Å². The average molecular weight is 755 g/mol. The second kappa shape index (κ2) is 17.5. The van der Waals surface area contributed by atoms with Gasteiger partial charge in [-0.1, -0.05) is 24.3 Å². The Balaban J connectivity index is 0.000000845. The largest absolute Gasteiger partial charge is 0.490 e. The van der Waals surface area contributed by atoms with Gasteiger partial charge < -0.3 is 25.6 Å². The van der Waals surface area contributed by atoms with Crippen LogP contribution >= 0.6 is 0 Å². The molecule has 0 saturated heterocycles. The number of benzene rings is 2. The van der Waals surface area contributed by atoms with Crippen LogP contribution in [0.2, 0.25) is 0 Å². The fourth-order valence-corrected chi connectivity index (χ4v) is 6.05. The van der Waals surface area contributed by atoms with Crippen molar-refractivity contribution in [3.05, 3.63) is 72.1 Å². The zero-order valence-electron chi connectivity index (χ0n) is 30.7. The lowest BCUT2D eigenvalue weighted by atomic mass is 9.81. The molecule has 1 aliphatic carbocycles. The van der Waals surface area contributed by atoms with E-state index < -0.39 is 35.8 Å². The van der Waals surface area contributed by atoms with Crippen LogP contribution in [0.3, 0.4) is 0 Å². The third-order valence-electron chi connectivity index (χ3n) is 8.80. The highest BCUT2D eigenvalue weighted by atomic mass is 19.4. The fourth-order valence-electron chi connectivity index (χ4n) is 6.05. The van der Waals surface area contributed by atoms with Gasteiger partial charge in [-0.2, -0.15) is 18.3 Å². The Kier molecular flexibility index (Phi) is 13.4. The summed E-state index contributed by atoms with van der Waals surface area (Å²) in [6, 6.07) is 16.1. The van der Waals surface area contributed by atoms with Crippen LogP contribution in [0.5, 0.6) is 5.88 Å². The lowest BCUT2D eigenvalue weighted by Gasteiger charge is -2.32. The molecule has 2 aromatic carbocycles. The number of methoxy groups -OCH3 is 1. The van der Waals surface area contributed by atoms with Gasteiger partial charge in [-0.05, 0) is 101 Å². The molecule has 0 radical (unpaired) electrons. The maximum Gasteiger partial charge on any atom is 0.490 e. The van der Waals surface area contributed by atoms with Gasteiger partial charge in [0.2, 0.25) is 11.8 Å². The number of aromatic amines is 1. The molecule has 1 fully saturated rings. The third-order valence-corrected chi connectivity index (χ3v) is 8.80. The van der Waals surface area contributed by atoms with Crippen LogP contribution in [-0.2, 0) is 25.5 Å². The van der Waals surface area contributed by atoms with Gasteiger partial charge >= 0.3 is 18.2 Å². The quantitative estimate of drug-likeness (QED) is 0.150. The van der Waals surface area contributed by atoms with Gasteiger partial charge in [0.15, 0.2) is 0 Å². The molecule has 1 atom stereocenters. The first kappa shape index (κ1) is 41.2. The topological polar surface area (TPSA) is 190 Å². The minimum Gasteiger partial charge on any atom is -0.481 e. The average Bonchev–Trinajstić information content (AvgIpc) is 3.59.